The van der Waals surface area contributed by atoms with Gasteiger partial charge in [-0.3, -0.25) is 14.2 Å². The van der Waals surface area contributed by atoms with Crippen molar-refractivity contribution in [1.29, 1.82) is 0 Å². The zero-order valence-corrected chi connectivity index (χ0v) is 20.3. The fourth-order valence-corrected chi connectivity index (χ4v) is 5.28. The highest BCUT2D eigenvalue weighted by atomic mass is 32.1. The Morgan fingerprint density at radius 1 is 1.06 bits per heavy atom. The van der Waals surface area contributed by atoms with Crippen molar-refractivity contribution in [2.24, 2.45) is 5.92 Å². The Labute approximate surface area is 202 Å². The zero-order chi connectivity index (χ0) is 23.7. The molecule has 3 heterocycles. The summed E-state index contributed by atoms with van der Waals surface area (Å²) >= 11 is 1.44. The standard InChI is InChI=1S/C27H28N4O2S/c1-18-6-8-20(9-7-18)17-31-26(33)24-23(12-15-34-24)29-27(31)30-13-10-21(11-14-30)25(32)28-22-5-3-4-19(2)16-22/h3-9,12,15-16,21H,10-11,13-14,17H2,1-2H3,(H,28,32). The maximum atomic E-state index is 13.4. The highest BCUT2D eigenvalue weighted by Crippen LogP contribution is 2.26. The Balaban J connectivity index is 1.36. The van der Waals surface area contributed by atoms with Crippen molar-refractivity contribution in [2.75, 3.05) is 23.3 Å². The molecule has 0 bridgehead atoms. The lowest BCUT2D eigenvalue weighted by Crippen LogP contribution is -2.41. The Kier molecular flexibility index (Phi) is 6.20. The van der Waals surface area contributed by atoms with Crippen LogP contribution in [-0.2, 0) is 11.3 Å². The van der Waals surface area contributed by atoms with Crippen LogP contribution >= 0.6 is 11.3 Å². The van der Waals surface area contributed by atoms with Crippen molar-refractivity contribution in [3.05, 3.63) is 87.0 Å². The molecule has 5 rings (SSSR count). The highest BCUT2D eigenvalue weighted by molar-refractivity contribution is 7.17. The molecule has 0 unspecified atom stereocenters. The van der Waals surface area contributed by atoms with Crippen LogP contribution in [0.1, 0.15) is 29.5 Å². The number of amides is 1. The van der Waals surface area contributed by atoms with Crippen molar-refractivity contribution in [1.82, 2.24) is 9.55 Å². The Morgan fingerprint density at radius 2 is 1.82 bits per heavy atom. The van der Waals surface area contributed by atoms with Crippen LogP contribution in [0.25, 0.3) is 10.2 Å². The summed E-state index contributed by atoms with van der Waals surface area (Å²) in [6.45, 7) is 5.91. The number of rotatable bonds is 5. The topological polar surface area (TPSA) is 67.2 Å². The predicted molar refractivity (Wildman–Crippen MR) is 139 cm³/mol. The van der Waals surface area contributed by atoms with E-state index in [9.17, 15) is 9.59 Å². The first kappa shape index (κ1) is 22.3. The number of aryl methyl sites for hydroxylation is 2. The Bertz CT molecular complexity index is 1380. The average Bonchev–Trinajstić information content (AvgIpc) is 3.31. The minimum Gasteiger partial charge on any atom is -0.342 e. The second-order valence-corrected chi connectivity index (χ2v) is 9.96. The van der Waals surface area contributed by atoms with E-state index in [1.807, 2.05) is 42.6 Å². The molecule has 2 aromatic carbocycles. The number of nitrogens with zero attached hydrogens (tertiary/aromatic N) is 3. The normalized spacial score (nSPS) is 14.5. The van der Waals surface area contributed by atoms with Crippen molar-refractivity contribution in [3.8, 4) is 0 Å². The quantitative estimate of drug-likeness (QED) is 0.445. The van der Waals surface area contributed by atoms with Crippen molar-refractivity contribution >= 4 is 39.1 Å². The molecular formula is C27H28N4O2S. The summed E-state index contributed by atoms with van der Waals surface area (Å²) in [5.41, 5.74) is 4.95. The molecule has 34 heavy (non-hydrogen) atoms. The number of carbonyl (C=O) groups is 1. The summed E-state index contributed by atoms with van der Waals surface area (Å²) in [4.78, 5) is 33.3. The molecule has 174 valence electrons. The predicted octanol–water partition coefficient (Wildman–Crippen LogP) is 4.98. The summed E-state index contributed by atoms with van der Waals surface area (Å²) in [7, 11) is 0. The summed E-state index contributed by atoms with van der Waals surface area (Å²) in [5, 5.41) is 4.98. The molecule has 1 aliphatic rings. The van der Waals surface area contributed by atoms with Gasteiger partial charge in [-0.25, -0.2) is 4.98 Å². The van der Waals surface area contributed by atoms with Crippen LogP contribution in [0.3, 0.4) is 0 Å². The van der Waals surface area contributed by atoms with Crippen LogP contribution in [-0.4, -0.2) is 28.5 Å². The van der Waals surface area contributed by atoms with Crippen molar-refractivity contribution in [2.45, 2.75) is 33.2 Å². The lowest BCUT2D eigenvalue weighted by Gasteiger charge is -2.33. The summed E-state index contributed by atoms with van der Waals surface area (Å²) < 4.78 is 2.47. The first-order chi connectivity index (χ1) is 16.5. The first-order valence-electron chi connectivity index (χ1n) is 11.6. The van der Waals surface area contributed by atoms with Gasteiger partial charge in [-0.15, -0.1) is 11.3 Å². The number of aromatic nitrogens is 2. The molecule has 1 N–H and O–H groups in total. The number of piperidine rings is 1. The smallest absolute Gasteiger partial charge is 0.273 e. The molecule has 0 aliphatic carbocycles. The SMILES string of the molecule is Cc1ccc(Cn2c(N3CCC(C(=O)Nc4cccc(C)c4)CC3)nc3ccsc3c2=O)cc1. The van der Waals surface area contributed by atoms with Gasteiger partial charge in [0, 0.05) is 24.7 Å². The van der Waals surface area contributed by atoms with Crippen LogP contribution in [0.4, 0.5) is 11.6 Å². The molecule has 0 spiro atoms. The number of anilines is 2. The molecule has 1 fully saturated rings. The van der Waals surface area contributed by atoms with E-state index < -0.39 is 0 Å². The maximum absolute atomic E-state index is 13.4. The third kappa shape index (κ3) is 4.61. The number of hydrogen-bond acceptors (Lipinski definition) is 5. The Hall–Kier alpha value is -3.45. The molecule has 7 heteroatoms. The lowest BCUT2D eigenvalue weighted by atomic mass is 9.96. The van der Waals surface area contributed by atoms with E-state index >= 15 is 0 Å². The van der Waals surface area contributed by atoms with E-state index in [2.05, 4.69) is 41.4 Å². The van der Waals surface area contributed by atoms with Gasteiger partial charge in [0.1, 0.15) is 4.70 Å². The monoisotopic (exact) mass is 472 g/mol. The van der Waals surface area contributed by atoms with Crippen LogP contribution in [0.15, 0.2) is 64.8 Å². The second-order valence-electron chi connectivity index (χ2n) is 9.04. The van der Waals surface area contributed by atoms with Gasteiger partial charge in [0.25, 0.3) is 5.56 Å². The number of thiophene rings is 1. The summed E-state index contributed by atoms with van der Waals surface area (Å²) in [6.07, 6.45) is 1.44. The number of hydrogen-bond donors (Lipinski definition) is 1. The molecule has 0 saturated carbocycles. The van der Waals surface area contributed by atoms with Gasteiger partial charge in [0.15, 0.2) is 0 Å². The van der Waals surface area contributed by atoms with E-state index in [1.54, 1.807) is 4.57 Å². The van der Waals surface area contributed by atoms with E-state index in [1.165, 1.54) is 16.9 Å². The maximum Gasteiger partial charge on any atom is 0.273 e. The van der Waals surface area contributed by atoms with Crippen molar-refractivity contribution in [3.63, 3.8) is 0 Å². The van der Waals surface area contributed by atoms with Gasteiger partial charge in [-0.05, 0) is 61.4 Å². The molecule has 1 aliphatic heterocycles. The number of fused-ring (bicyclic) bond motifs is 1. The highest BCUT2D eigenvalue weighted by Gasteiger charge is 2.28. The molecular weight excluding hydrogens is 444 g/mol. The van der Waals surface area contributed by atoms with Crippen LogP contribution in [0.5, 0.6) is 0 Å². The minimum absolute atomic E-state index is 0.00473. The van der Waals surface area contributed by atoms with Gasteiger partial charge in [0.05, 0.1) is 12.1 Å². The second kappa shape index (κ2) is 9.43. The summed E-state index contributed by atoms with van der Waals surface area (Å²) in [5.74, 6) is 0.691. The fourth-order valence-electron chi connectivity index (χ4n) is 4.50. The third-order valence-electron chi connectivity index (χ3n) is 6.44. The van der Waals surface area contributed by atoms with E-state index in [4.69, 9.17) is 4.98 Å². The molecule has 0 atom stereocenters. The van der Waals surface area contributed by atoms with Crippen molar-refractivity contribution < 1.29 is 4.79 Å². The van der Waals surface area contributed by atoms with Gasteiger partial charge in [-0.2, -0.15) is 0 Å². The molecule has 0 radical (unpaired) electrons. The molecule has 1 saturated heterocycles. The number of benzene rings is 2. The first-order valence-corrected chi connectivity index (χ1v) is 12.5. The zero-order valence-electron chi connectivity index (χ0n) is 19.5. The molecule has 1 amide bonds. The molecule has 6 nitrogen and oxygen atoms in total. The summed E-state index contributed by atoms with van der Waals surface area (Å²) in [6, 6.07) is 18.0. The van der Waals surface area contributed by atoms with E-state index in [-0.39, 0.29) is 17.4 Å². The fraction of sp³-hybridized carbons (Fsp3) is 0.296. The van der Waals surface area contributed by atoms with Crippen LogP contribution < -0.4 is 15.8 Å². The van der Waals surface area contributed by atoms with Gasteiger partial charge in [0.2, 0.25) is 11.9 Å². The molecule has 2 aromatic heterocycles. The third-order valence-corrected chi connectivity index (χ3v) is 7.33. The Morgan fingerprint density at radius 3 is 2.56 bits per heavy atom. The lowest BCUT2D eigenvalue weighted by molar-refractivity contribution is -0.120. The number of nitrogens with one attached hydrogen (secondary N) is 1. The van der Waals surface area contributed by atoms with Crippen LogP contribution in [0.2, 0.25) is 0 Å². The van der Waals surface area contributed by atoms with Gasteiger partial charge >= 0.3 is 0 Å². The minimum atomic E-state index is -0.0566. The molecule has 4 aromatic rings. The van der Waals surface area contributed by atoms with Crippen LogP contribution in [0, 0.1) is 19.8 Å². The number of carbonyl (C=O) groups excluding carboxylic acids is 1. The van der Waals surface area contributed by atoms with E-state index in [0.717, 1.165) is 35.2 Å². The average molecular weight is 473 g/mol. The van der Waals surface area contributed by atoms with Gasteiger partial charge in [-0.1, -0.05) is 42.0 Å². The van der Waals surface area contributed by atoms with E-state index in [0.29, 0.717) is 30.3 Å². The van der Waals surface area contributed by atoms with Gasteiger partial charge < -0.3 is 10.2 Å². The largest absolute Gasteiger partial charge is 0.342 e.